The van der Waals surface area contributed by atoms with E-state index in [0.29, 0.717) is 0 Å². The summed E-state index contributed by atoms with van der Waals surface area (Å²) in [5, 5.41) is 9.27. The highest BCUT2D eigenvalue weighted by atomic mass is 16.5. The lowest BCUT2D eigenvalue weighted by molar-refractivity contribution is 0.0875. The molecule has 1 aliphatic rings. The molecule has 0 aromatic heterocycles. The molecule has 0 aliphatic heterocycles. The van der Waals surface area contributed by atoms with Gasteiger partial charge in [0, 0.05) is 0 Å². The lowest BCUT2D eigenvalue weighted by Crippen LogP contribution is -2.33. The quantitative estimate of drug-likeness (QED) is 0.796. The van der Waals surface area contributed by atoms with Crippen molar-refractivity contribution in [1.82, 2.24) is 0 Å². The summed E-state index contributed by atoms with van der Waals surface area (Å²) >= 11 is 0. The molecule has 1 saturated carbocycles. The SMILES string of the molecule is CCCC1CCC(C#N)C(Oc2ccc(C)cc2)C1. The molecule has 1 aromatic carbocycles. The molecule has 102 valence electrons. The summed E-state index contributed by atoms with van der Waals surface area (Å²) in [6, 6.07) is 10.6. The van der Waals surface area contributed by atoms with Crippen molar-refractivity contribution in [1.29, 1.82) is 5.26 Å². The minimum absolute atomic E-state index is 0.0504. The van der Waals surface area contributed by atoms with Crippen LogP contribution < -0.4 is 4.74 Å². The van der Waals surface area contributed by atoms with Gasteiger partial charge in [-0.2, -0.15) is 5.26 Å². The van der Waals surface area contributed by atoms with Gasteiger partial charge in [-0.3, -0.25) is 0 Å². The number of benzene rings is 1. The van der Waals surface area contributed by atoms with E-state index >= 15 is 0 Å². The van der Waals surface area contributed by atoms with Crippen molar-refractivity contribution in [3.05, 3.63) is 29.8 Å². The zero-order chi connectivity index (χ0) is 13.7. The van der Waals surface area contributed by atoms with Crippen LogP contribution in [0.1, 0.15) is 44.6 Å². The number of aryl methyl sites for hydroxylation is 1. The number of rotatable bonds is 4. The molecule has 19 heavy (non-hydrogen) atoms. The van der Waals surface area contributed by atoms with E-state index in [1.165, 1.54) is 24.8 Å². The second kappa shape index (κ2) is 6.61. The number of nitrogens with zero attached hydrogens (tertiary/aromatic N) is 1. The van der Waals surface area contributed by atoms with Crippen LogP contribution >= 0.6 is 0 Å². The molecule has 0 N–H and O–H groups in total. The van der Waals surface area contributed by atoms with Crippen molar-refractivity contribution in [3.8, 4) is 11.8 Å². The Morgan fingerprint density at radius 2 is 2.00 bits per heavy atom. The maximum Gasteiger partial charge on any atom is 0.119 e. The molecule has 0 amide bonds. The fraction of sp³-hybridized carbons (Fsp3) is 0.588. The molecule has 0 spiro atoms. The number of ether oxygens (including phenoxy) is 1. The zero-order valence-corrected chi connectivity index (χ0v) is 11.9. The van der Waals surface area contributed by atoms with Crippen LogP contribution in [-0.2, 0) is 0 Å². The summed E-state index contributed by atoms with van der Waals surface area (Å²) in [4.78, 5) is 0. The van der Waals surface area contributed by atoms with E-state index in [-0.39, 0.29) is 12.0 Å². The molecule has 0 heterocycles. The Morgan fingerprint density at radius 1 is 1.26 bits per heavy atom. The van der Waals surface area contributed by atoms with Gasteiger partial charge in [0.1, 0.15) is 11.9 Å². The molecule has 2 rings (SSSR count). The normalized spacial score (nSPS) is 26.7. The van der Waals surface area contributed by atoms with Crippen molar-refractivity contribution in [3.63, 3.8) is 0 Å². The molecule has 0 bridgehead atoms. The van der Waals surface area contributed by atoms with E-state index in [2.05, 4.69) is 32.0 Å². The molecule has 1 aliphatic carbocycles. The van der Waals surface area contributed by atoms with E-state index in [4.69, 9.17) is 4.74 Å². The Kier molecular flexibility index (Phi) is 4.85. The minimum Gasteiger partial charge on any atom is -0.489 e. The highest BCUT2D eigenvalue weighted by Gasteiger charge is 2.31. The summed E-state index contributed by atoms with van der Waals surface area (Å²) in [5.41, 5.74) is 1.23. The summed E-state index contributed by atoms with van der Waals surface area (Å²) in [7, 11) is 0. The van der Waals surface area contributed by atoms with Gasteiger partial charge in [-0.05, 0) is 44.2 Å². The van der Waals surface area contributed by atoms with Crippen LogP contribution in [-0.4, -0.2) is 6.10 Å². The van der Waals surface area contributed by atoms with Crippen LogP contribution in [0.25, 0.3) is 0 Å². The van der Waals surface area contributed by atoms with Gasteiger partial charge >= 0.3 is 0 Å². The summed E-state index contributed by atoms with van der Waals surface area (Å²) in [5.74, 6) is 1.67. The van der Waals surface area contributed by atoms with Crippen LogP contribution in [0.3, 0.4) is 0 Å². The first-order valence-electron chi connectivity index (χ1n) is 7.36. The van der Waals surface area contributed by atoms with Crippen molar-refractivity contribution in [2.75, 3.05) is 0 Å². The van der Waals surface area contributed by atoms with Crippen LogP contribution in [0.4, 0.5) is 0 Å². The van der Waals surface area contributed by atoms with Crippen LogP contribution in [0.15, 0.2) is 24.3 Å². The second-order valence-corrected chi connectivity index (χ2v) is 5.67. The standard InChI is InChI=1S/C17H23NO/c1-3-4-14-7-8-15(12-18)17(11-14)19-16-9-5-13(2)6-10-16/h5-6,9-10,14-15,17H,3-4,7-8,11H2,1-2H3. The molecule has 0 radical (unpaired) electrons. The third-order valence-corrected chi connectivity index (χ3v) is 4.07. The fourth-order valence-electron chi connectivity index (χ4n) is 2.95. The fourth-order valence-corrected chi connectivity index (χ4v) is 2.95. The largest absolute Gasteiger partial charge is 0.489 e. The monoisotopic (exact) mass is 257 g/mol. The van der Waals surface area contributed by atoms with E-state index in [1.807, 2.05) is 12.1 Å². The topological polar surface area (TPSA) is 33.0 Å². The highest BCUT2D eigenvalue weighted by molar-refractivity contribution is 5.26. The molecule has 0 saturated heterocycles. The predicted molar refractivity (Wildman–Crippen MR) is 76.9 cm³/mol. The van der Waals surface area contributed by atoms with E-state index in [1.54, 1.807) is 0 Å². The first kappa shape index (κ1) is 13.9. The third kappa shape index (κ3) is 3.73. The molecule has 2 heteroatoms. The van der Waals surface area contributed by atoms with Gasteiger partial charge in [0.15, 0.2) is 0 Å². The van der Waals surface area contributed by atoms with Crippen LogP contribution in [0.2, 0.25) is 0 Å². The van der Waals surface area contributed by atoms with E-state index < -0.39 is 0 Å². The van der Waals surface area contributed by atoms with Crippen LogP contribution in [0.5, 0.6) is 5.75 Å². The van der Waals surface area contributed by atoms with Crippen molar-refractivity contribution in [2.24, 2.45) is 11.8 Å². The summed E-state index contributed by atoms with van der Waals surface area (Å²) in [6.45, 7) is 4.30. The molecular formula is C17H23NO. The Bertz CT molecular complexity index is 432. The van der Waals surface area contributed by atoms with E-state index in [0.717, 1.165) is 24.5 Å². The molecule has 2 nitrogen and oxygen atoms in total. The van der Waals surface area contributed by atoms with Crippen molar-refractivity contribution >= 4 is 0 Å². The summed E-state index contributed by atoms with van der Waals surface area (Å²) < 4.78 is 6.07. The number of hydrogen-bond acceptors (Lipinski definition) is 2. The highest BCUT2D eigenvalue weighted by Crippen LogP contribution is 2.34. The smallest absolute Gasteiger partial charge is 0.119 e. The average Bonchev–Trinajstić information content (AvgIpc) is 2.42. The minimum atomic E-state index is 0.0504. The van der Waals surface area contributed by atoms with Gasteiger partial charge in [-0.1, -0.05) is 37.5 Å². The molecule has 1 fully saturated rings. The second-order valence-electron chi connectivity index (χ2n) is 5.67. The number of nitriles is 1. The lowest BCUT2D eigenvalue weighted by Gasteiger charge is -2.33. The average molecular weight is 257 g/mol. The van der Waals surface area contributed by atoms with Crippen molar-refractivity contribution in [2.45, 2.75) is 52.1 Å². The molecule has 1 aromatic rings. The maximum absolute atomic E-state index is 9.27. The Balaban J connectivity index is 2.02. The Morgan fingerprint density at radius 3 is 2.63 bits per heavy atom. The number of hydrogen-bond donors (Lipinski definition) is 0. The van der Waals surface area contributed by atoms with Crippen LogP contribution in [0, 0.1) is 30.1 Å². The Labute approximate surface area is 116 Å². The predicted octanol–water partition coefficient (Wildman–Crippen LogP) is 4.48. The first-order valence-corrected chi connectivity index (χ1v) is 7.36. The molecular weight excluding hydrogens is 234 g/mol. The Hall–Kier alpha value is -1.49. The maximum atomic E-state index is 9.27. The van der Waals surface area contributed by atoms with E-state index in [9.17, 15) is 5.26 Å². The summed E-state index contributed by atoms with van der Waals surface area (Å²) in [6.07, 6.45) is 5.74. The van der Waals surface area contributed by atoms with Gasteiger partial charge in [0.05, 0.1) is 12.0 Å². The third-order valence-electron chi connectivity index (χ3n) is 4.07. The first-order chi connectivity index (χ1) is 9.22. The van der Waals surface area contributed by atoms with Gasteiger partial charge < -0.3 is 4.74 Å². The van der Waals surface area contributed by atoms with Gasteiger partial charge in [0.2, 0.25) is 0 Å². The lowest BCUT2D eigenvalue weighted by atomic mass is 9.78. The van der Waals surface area contributed by atoms with Gasteiger partial charge in [-0.15, -0.1) is 0 Å². The molecule has 3 atom stereocenters. The van der Waals surface area contributed by atoms with Gasteiger partial charge in [0.25, 0.3) is 0 Å². The van der Waals surface area contributed by atoms with Crippen molar-refractivity contribution < 1.29 is 4.74 Å². The zero-order valence-electron chi connectivity index (χ0n) is 11.9. The molecule has 3 unspecified atom stereocenters. The van der Waals surface area contributed by atoms with Gasteiger partial charge in [-0.25, -0.2) is 0 Å².